The van der Waals surface area contributed by atoms with E-state index in [-0.39, 0.29) is 22.9 Å². The summed E-state index contributed by atoms with van der Waals surface area (Å²) in [5.74, 6) is -2.47. The molecule has 0 spiro atoms. The van der Waals surface area contributed by atoms with Crippen LogP contribution in [0.15, 0.2) is 36.4 Å². The van der Waals surface area contributed by atoms with E-state index >= 15 is 0 Å². The molecule has 9 nitrogen and oxygen atoms in total. The molecule has 4 N–H and O–H groups in total. The van der Waals surface area contributed by atoms with Crippen molar-refractivity contribution in [1.82, 2.24) is 10.6 Å². The molecule has 1 heterocycles. The zero-order valence-corrected chi connectivity index (χ0v) is 20.9. The van der Waals surface area contributed by atoms with Crippen LogP contribution in [0.2, 0.25) is 5.02 Å². The van der Waals surface area contributed by atoms with E-state index in [1.165, 1.54) is 26.0 Å². The molecule has 2 aromatic rings. The maximum Gasteiger partial charge on any atom is 0.328 e. The molecular formula is C25H27ClFN3O6. The first-order chi connectivity index (χ1) is 16.8. The number of nitrogens with one attached hydrogen (secondary N) is 2. The minimum atomic E-state index is -1.14. The van der Waals surface area contributed by atoms with Crippen molar-refractivity contribution < 1.29 is 33.0 Å². The summed E-state index contributed by atoms with van der Waals surface area (Å²) in [5, 5.41) is 5.00. The van der Waals surface area contributed by atoms with Gasteiger partial charge in [0.15, 0.2) is 11.9 Å². The molecule has 2 amide bonds. The van der Waals surface area contributed by atoms with Crippen LogP contribution in [0.5, 0.6) is 5.75 Å². The molecule has 36 heavy (non-hydrogen) atoms. The van der Waals surface area contributed by atoms with Crippen LogP contribution < -0.4 is 21.1 Å². The Kier molecular flexibility index (Phi) is 8.00. The minimum absolute atomic E-state index is 0.0728. The third-order valence-corrected chi connectivity index (χ3v) is 6.03. The quantitative estimate of drug-likeness (QED) is 0.378. The van der Waals surface area contributed by atoms with Gasteiger partial charge in [-0.15, -0.1) is 0 Å². The van der Waals surface area contributed by atoms with E-state index in [0.717, 1.165) is 6.07 Å². The van der Waals surface area contributed by atoms with Gasteiger partial charge in [-0.3, -0.25) is 14.4 Å². The number of ketones is 1. The number of halogens is 2. The number of rotatable bonds is 7. The summed E-state index contributed by atoms with van der Waals surface area (Å²) in [6.07, 6.45) is -1.09. The Labute approximate surface area is 212 Å². The van der Waals surface area contributed by atoms with Crippen molar-refractivity contribution in [3.63, 3.8) is 0 Å². The van der Waals surface area contributed by atoms with E-state index in [4.69, 9.17) is 26.8 Å². The topological polar surface area (TPSA) is 137 Å². The van der Waals surface area contributed by atoms with Gasteiger partial charge in [0.1, 0.15) is 23.2 Å². The normalized spacial score (nSPS) is 18.8. The van der Waals surface area contributed by atoms with Gasteiger partial charge in [-0.1, -0.05) is 11.6 Å². The zero-order chi connectivity index (χ0) is 26.8. The van der Waals surface area contributed by atoms with Crippen molar-refractivity contribution in [3.05, 3.63) is 63.9 Å². The number of carbonyl (C=O) groups excluding carboxylic acids is 4. The molecule has 0 unspecified atom stereocenters. The van der Waals surface area contributed by atoms with E-state index in [9.17, 15) is 23.6 Å². The van der Waals surface area contributed by atoms with Gasteiger partial charge in [0, 0.05) is 16.7 Å². The highest BCUT2D eigenvalue weighted by Crippen LogP contribution is 2.42. The molecule has 3 rings (SSSR count). The monoisotopic (exact) mass is 519 g/mol. The lowest BCUT2D eigenvalue weighted by molar-refractivity contribution is -0.168. The largest absolute Gasteiger partial charge is 0.484 e. The predicted octanol–water partition coefficient (Wildman–Crippen LogP) is 2.70. The average Bonchev–Trinajstić information content (AvgIpc) is 2.81. The molecular weight excluding hydrogens is 493 g/mol. The Morgan fingerprint density at radius 3 is 2.44 bits per heavy atom. The predicted molar refractivity (Wildman–Crippen MR) is 129 cm³/mol. The Bertz CT molecular complexity index is 1220. The average molecular weight is 520 g/mol. The van der Waals surface area contributed by atoms with Crippen molar-refractivity contribution in [1.29, 1.82) is 0 Å². The van der Waals surface area contributed by atoms with Crippen LogP contribution in [-0.4, -0.2) is 47.9 Å². The third-order valence-electron chi connectivity index (χ3n) is 5.74. The van der Waals surface area contributed by atoms with Crippen LogP contribution in [0.4, 0.5) is 4.39 Å². The summed E-state index contributed by atoms with van der Waals surface area (Å²) in [4.78, 5) is 49.7. The van der Waals surface area contributed by atoms with Crippen LogP contribution in [0.1, 0.15) is 60.0 Å². The van der Waals surface area contributed by atoms with E-state index < -0.39 is 47.4 Å². The fraction of sp³-hybridized carbons (Fsp3) is 0.360. The molecule has 0 radical (unpaired) electrons. The number of fused-ring (bicyclic) bond motifs is 1. The van der Waals surface area contributed by atoms with Gasteiger partial charge < -0.3 is 25.8 Å². The van der Waals surface area contributed by atoms with Gasteiger partial charge >= 0.3 is 5.97 Å². The number of Topliss-reactive ketones (excluding diaryl/α,β-unsaturated/α-hetero) is 1. The molecule has 1 aliphatic rings. The lowest BCUT2D eigenvalue weighted by Gasteiger charge is -2.44. The van der Waals surface area contributed by atoms with Gasteiger partial charge in [-0.25, -0.2) is 9.18 Å². The highest BCUT2D eigenvalue weighted by molar-refractivity contribution is 6.31. The van der Waals surface area contributed by atoms with E-state index in [0.29, 0.717) is 16.9 Å². The first kappa shape index (κ1) is 27.1. The summed E-state index contributed by atoms with van der Waals surface area (Å²) in [5.41, 5.74) is 4.99. The van der Waals surface area contributed by atoms with E-state index in [1.54, 1.807) is 32.0 Å². The second kappa shape index (κ2) is 10.6. The molecule has 192 valence electrons. The smallest absolute Gasteiger partial charge is 0.328 e. The summed E-state index contributed by atoms with van der Waals surface area (Å²) >= 11 is 5.84. The summed E-state index contributed by atoms with van der Waals surface area (Å²) < 4.78 is 25.5. The van der Waals surface area contributed by atoms with Crippen molar-refractivity contribution in [2.24, 2.45) is 5.73 Å². The standard InChI is InChI=1S/C25H27ClFN3O6/c1-12(29-20(32)11-28)24(34)35-22-21(30-23(33)15-5-7-18(27)17(26)10-15)16-9-14(13(2)31)6-8-19(16)36-25(22,3)4/h5-10,12,21-22H,11,28H2,1-4H3,(H,29,32)(H,30,33)/t12-,21-,22-/m0/s1. The van der Waals surface area contributed by atoms with Gasteiger partial charge in [0.2, 0.25) is 5.91 Å². The van der Waals surface area contributed by atoms with Crippen LogP contribution in [0, 0.1) is 5.82 Å². The maximum atomic E-state index is 13.6. The molecule has 0 saturated heterocycles. The lowest BCUT2D eigenvalue weighted by atomic mass is 9.85. The van der Waals surface area contributed by atoms with Gasteiger partial charge in [0.25, 0.3) is 5.91 Å². The minimum Gasteiger partial charge on any atom is -0.484 e. The number of carbonyl (C=O) groups is 4. The number of esters is 1. The summed E-state index contributed by atoms with van der Waals surface area (Å²) in [7, 11) is 0. The molecule has 0 fully saturated rings. The number of hydrogen-bond acceptors (Lipinski definition) is 7. The highest BCUT2D eigenvalue weighted by atomic mass is 35.5. The molecule has 0 saturated carbocycles. The Hall–Kier alpha value is -3.50. The number of ether oxygens (including phenoxy) is 2. The summed E-state index contributed by atoms with van der Waals surface area (Å²) in [6, 6.07) is 6.24. The Morgan fingerprint density at radius 1 is 1.17 bits per heavy atom. The number of hydrogen-bond donors (Lipinski definition) is 3. The first-order valence-corrected chi connectivity index (χ1v) is 11.5. The zero-order valence-electron chi connectivity index (χ0n) is 20.2. The van der Waals surface area contributed by atoms with Crippen LogP contribution >= 0.6 is 11.6 Å². The molecule has 3 atom stereocenters. The molecule has 0 aliphatic carbocycles. The third kappa shape index (κ3) is 5.83. The Morgan fingerprint density at radius 2 is 1.83 bits per heavy atom. The van der Waals surface area contributed by atoms with E-state index in [2.05, 4.69) is 10.6 Å². The second-order valence-corrected chi connectivity index (χ2v) is 9.35. The second-order valence-electron chi connectivity index (χ2n) is 8.95. The van der Waals surface area contributed by atoms with E-state index in [1.807, 2.05) is 0 Å². The number of benzene rings is 2. The van der Waals surface area contributed by atoms with Gasteiger partial charge in [-0.2, -0.15) is 0 Å². The van der Waals surface area contributed by atoms with Crippen molar-refractivity contribution in [2.75, 3.05) is 6.54 Å². The van der Waals surface area contributed by atoms with Crippen LogP contribution in [-0.2, 0) is 14.3 Å². The molecule has 0 aromatic heterocycles. The molecule has 1 aliphatic heterocycles. The number of nitrogens with two attached hydrogens (primary N) is 1. The van der Waals surface area contributed by atoms with Gasteiger partial charge in [0.05, 0.1) is 17.6 Å². The first-order valence-electron chi connectivity index (χ1n) is 11.1. The molecule has 2 aromatic carbocycles. The molecule has 0 bridgehead atoms. The van der Waals surface area contributed by atoms with Crippen LogP contribution in [0.25, 0.3) is 0 Å². The fourth-order valence-electron chi connectivity index (χ4n) is 3.82. The SMILES string of the molecule is CC(=O)c1ccc2c(c1)[C@H](NC(=O)c1ccc(F)c(Cl)c1)[C@H](OC(=O)[C@H](C)NC(=O)CN)C(C)(C)O2. The van der Waals surface area contributed by atoms with Crippen molar-refractivity contribution >= 4 is 35.2 Å². The Balaban J connectivity index is 2.02. The van der Waals surface area contributed by atoms with Crippen molar-refractivity contribution in [3.8, 4) is 5.75 Å². The highest BCUT2D eigenvalue weighted by Gasteiger charge is 2.48. The fourth-order valence-corrected chi connectivity index (χ4v) is 4.00. The molecule has 11 heteroatoms. The van der Waals surface area contributed by atoms with Gasteiger partial charge in [-0.05, 0) is 64.1 Å². The van der Waals surface area contributed by atoms with Crippen LogP contribution in [0.3, 0.4) is 0 Å². The number of amides is 2. The maximum absolute atomic E-state index is 13.6. The lowest BCUT2D eigenvalue weighted by Crippen LogP contribution is -2.57. The van der Waals surface area contributed by atoms with Crippen molar-refractivity contribution in [2.45, 2.75) is 51.5 Å². The summed E-state index contributed by atoms with van der Waals surface area (Å²) in [6.45, 7) is 5.86.